The highest BCUT2D eigenvalue weighted by molar-refractivity contribution is 7.89. The Balaban J connectivity index is 1.25. The number of sulfonamides is 1. The number of likely N-dealkylation sites (tertiary alicyclic amines) is 1. The fraction of sp³-hybridized carbons (Fsp3) is 0.286. The molecule has 0 aliphatic carbocycles. The average Bonchev–Trinajstić information content (AvgIpc) is 3.77. The first-order valence-electron chi connectivity index (χ1n) is 13.1. The van der Waals surface area contributed by atoms with Crippen molar-refractivity contribution >= 4 is 49.9 Å². The van der Waals surface area contributed by atoms with Crippen molar-refractivity contribution in [2.75, 3.05) is 20.2 Å². The number of nitrogens with one attached hydrogen (secondary N) is 1. The van der Waals surface area contributed by atoms with Gasteiger partial charge in [-0.1, -0.05) is 6.07 Å². The number of thiophene rings is 1. The van der Waals surface area contributed by atoms with Crippen LogP contribution in [-0.4, -0.2) is 73.5 Å². The Hall–Kier alpha value is -4.27. The summed E-state index contributed by atoms with van der Waals surface area (Å²) in [7, 11) is -2.63. The van der Waals surface area contributed by atoms with Crippen LogP contribution in [0.25, 0.3) is 11.0 Å². The Bertz CT molecular complexity index is 1790. The van der Waals surface area contributed by atoms with Crippen molar-refractivity contribution in [3.8, 4) is 5.75 Å². The topological polar surface area (TPSA) is 153 Å². The Morgan fingerprint density at radius 3 is 2.81 bits per heavy atom. The largest absolute Gasteiger partial charge is 0.619 e. The first kappa shape index (κ1) is 27.9. The van der Waals surface area contributed by atoms with Gasteiger partial charge in [-0.25, -0.2) is 8.42 Å². The third kappa shape index (κ3) is 5.01. The molecule has 2 fully saturated rings. The third-order valence-electron chi connectivity index (χ3n) is 7.55. The van der Waals surface area contributed by atoms with E-state index in [0.717, 1.165) is 21.6 Å². The Kier molecular flexibility index (Phi) is 7.20. The van der Waals surface area contributed by atoms with Crippen LogP contribution < -0.4 is 14.8 Å². The van der Waals surface area contributed by atoms with Crippen LogP contribution in [0.5, 0.6) is 5.75 Å². The molecule has 2 amide bonds. The SMILES string of the molecule is COc1ccc2oc(C(=O)NC(Cc3cccs3)C(=O)N3CCC4C3C(=O)CN4S(=O)(=O)c3ccc[n+]([O-])c3)cc2c1. The van der Waals surface area contributed by atoms with E-state index in [1.54, 1.807) is 24.3 Å². The third-order valence-corrected chi connectivity index (χ3v) is 10.3. The second-order valence-electron chi connectivity index (χ2n) is 10.1. The lowest BCUT2D eigenvalue weighted by Gasteiger charge is -2.28. The van der Waals surface area contributed by atoms with E-state index in [1.807, 2.05) is 17.5 Å². The van der Waals surface area contributed by atoms with Crippen LogP contribution >= 0.6 is 11.3 Å². The molecule has 2 aliphatic rings. The summed E-state index contributed by atoms with van der Waals surface area (Å²) in [5, 5.41) is 17.0. The molecule has 5 heterocycles. The molecular weight excluding hydrogens is 584 g/mol. The predicted molar refractivity (Wildman–Crippen MR) is 150 cm³/mol. The molecule has 3 unspecified atom stereocenters. The van der Waals surface area contributed by atoms with Crippen LogP contribution in [0, 0.1) is 5.21 Å². The van der Waals surface area contributed by atoms with Gasteiger partial charge in [0.25, 0.3) is 5.91 Å². The number of hydrogen-bond acceptors (Lipinski definition) is 9. The fourth-order valence-corrected chi connectivity index (χ4v) is 7.97. The number of Topliss-reactive ketones (excluding diaryl/α,β-unsaturated/α-hetero) is 1. The molecule has 4 aromatic rings. The lowest BCUT2D eigenvalue weighted by Crippen LogP contribution is -2.53. The minimum Gasteiger partial charge on any atom is -0.619 e. The van der Waals surface area contributed by atoms with E-state index in [4.69, 9.17) is 9.15 Å². The number of ether oxygens (including phenoxy) is 1. The zero-order valence-corrected chi connectivity index (χ0v) is 24.0. The molecule has 14 heteroatoms. The first-order valence-corrected chi connectivity index (χ1v) is 15.4. The summed E-state index contributed by atoms with van der Waals surface area (Å²) in [6.45, 7) is -0.289. The number of carbonyl (C=O) groups is 3. The molecule has 3 aromatic heterocycles. The van der Waals surface area contributed by atoms with Crippen LogP contribution in [0.1, 0.15) is 21.9 Å². The number of aromatic nitrogens is 1. The molecule has 2 aliphatic heterocycles. The van der Waals surface area contributed by atoms with E-state index in [9.17, 15) is 28.0 Å². The summed E-state index contributed by atoms with van der Waals surface area (Å²) in [4.78, 5) is 42.4. The number of nitrogens with zero attached hydrogens (tertiary/aromatic N) is 3. The van der Waals surface area contributed by atoms with Crippen LogP contribution in [0.3, 0.4) is 0 Å². The standard InChI is InChI=1S/C28H26N4O8S2/c1-39-18-6-7-24-17(12-18)13-25(40-24)27(34)29-21(14-19-4-3-11-41-19)28(35)31-10-8-22-26(31)23(33)16-32(22)42(37,38)20-5-2-9-30(36)15-20/h2-7,9,11-13,15,21-22,26H,8,10,14,16H2,1H3,(H,29,34). The molecule has 2 saturated heterocycles. The van der Waals surface area contributed by atoms with Crippen LogP contribution in [0.15, 0.2) is 75.6 Å². The maximum atomic E-state index is 14.0. The Morgan fingerprint density at radius 2 is 2.07 bits per heavy atom. The fourth-order valence-electron chi connectivity index (χ4n) is 5.58. The first-order chi connectivity index (χ1) is 20.2. The van der Waals surface area contributed by atoms with E-state index >= 15 is 0 Å². The van der Waals surface area contributed by atoms with Crippen molar-refractivity contribution in [1.82, 2.24) is 14.5 Å². The summed E-state index contributed by atoms with van der Waals surface area (Å²) in [5.41, 5.74) is 0.475. The predicted octanol–water partition coefficient (Wildman–Crippen LogP) is 1.72. The van der Waals surface area contributed by atoms with Gasteiger partial charge in [0.1, 0.15) is 28.3 Å². The number of ketones is 1. The molecular formula is C28H26N4O8S2. The summed E-state index contributed by atoms with van der Waals surface area (Å²) in [6, 6.07) is 10.1. The molecule has 0 saturated carbocycles. The van der Waals surface area contributed by atoms with Crippen molar-refractivity contribution < 1.29 is 36.7 Å². The molecule has 218 valence electrons. The number of rotatable bonds is 8. The smallest absolute Gasteiger partial charge is 0.287 e. The number of methoxy groups -OCH3 is 1. The van der Waals surface area contributed by atoms with Crippen molar-refractivity contribution in [3.63, 3.8) is 0 Å². The Morgan fingerprint density at radius 1 is 1.24 bits per heavy atom. The molecule has 0 spiro atoms. The molecule has 1 aromatic carbocycles. The second-order valence-corrected chi connectivity index (χ2v) is 13.0. The average molecular weight is 611 g/mol. The van der Waals surface area contributed by atoms with E-state index in [-0.39, 0.29) is 30.0 Å². The lowest BCUT2D eigenvalue weighted by atomic mass is 10.1. The van der Waals surface area contributed by atoms with E-state index in [0.29, 0.717) is 21.4 Å². The zero-order valence-electron chi connectivity index (χ0n) is 22.3. The minimum atomic E-state index is -4.17. The molecule has 0 bridgehead atoms. The molecule has 12 nitrogen and oxygen atoms in total. The van der Waals surface area contributed by atoms with Crippen LogP contribution in [0.2, 0.25) is 0 Å². The maximum Gasteiger partial charge on any atom is 0.287 e. The highest BCUT2D eigenvalue weighted by Gasteiger charge is 2.54. The van der Waals surface area contributed by atoms with E-state index in [1.165, 1.54) is 35.5 Å². The van der Waals surface area contributed by atoms with Gasteiger partial charge in [-0.15, -0.1) is 11.3 Å². The molecule has 42 heavy (non-hydrogen) atoms. The summed E-state index contributed by atoms with van der Waals surface area (Å²) in [5.74, 6) is -0.914. The summed E-state index contributed by atoms with van der Waals surface area (Å²) < 4.78 is 39.1. The van der Waals surface area contributed by atoms with Crippen molar-refractivity contribution in [1.29, 1.82) is 0 Å². The monoisotopic (exact) mass is 610 g/mol. The second kappa shape index (κ2) is 10.9. The van der Waals surface area contributed by atoms with E-state index < -0.39 is 52.3 Å². The van der Waals surface area contributed by atoms with Gasteiger partial charge in [-0.3, -0.25) is 14.4 Å². The number of amides is 2. The molecule has 3 atom stereocenters. The van der Waals surface area contributed by atoms with Crippen molar-refractivity contribution in [2.45, 2.75) is 35.9 Å². The van der Waals surface area contributed by atoms with Gasteiger partial charge < -0.3 is 24.6 Å². The minimum absolute atomic E-state index is 0.00853. The van der Waals surface area contributed by atoms with Crippen molar-refractivity contribution in [3.05, 3.63) is 82.1 Å². The highest BCUT2D eigenvalue weighted by atomic mass is 32.2. The van der Waals surface area contributed by atoms with Gasteiger partial charge in [0.05, 0.1) is 19.7 Å². The number of benzene rings is 1. The number of fused-ring (bicyclic) bond motifs is 2. The van der Waals surface area contributed by atoms with Gasteiger partial charge in [0.2, 0.25) is 15.9 Å². The van der Waals surface area contributed by atoms with Crippen LogP contribution in [0.4, 0.5) is 0 Å². The van der Waals surface area contributed by atoms with Gasteiger partial charge in [-0.2, -0.15) is 9.04 Å². The van der Waals surface area contributed by atoms with Gasteiger partial charge >= 0.3 is 0 Å². The van der Waals surface area contributed by atoms with Gasteiger partial charge in [0, 0.05) is 29.3 Å². The molecule has 6 rings (SSSR count). The number of hydrogen-bond donors (Lipinski definition) is 1. The van der Waals surface area contributed by atoms with Crippen LogP contribution in [-0.2, 0) is 26.0 Å². The van der Waals surface area contributed by atoms with Gasteiger partial charge in [0.15, 0.2) is 23.9 Å². The summed E-state index contributed by atoms with van der Waals surface area (Å²) >= 11 is 1.42. The van der Waals surface area contributed by atoms with Crippen molar-refractivity contribution in [2.24, 2.45) is 0 Å². The quantitative estimate of drug-likeness (QED) is 0.234. The zero-order chi connectivity index (χ0) is 29.6. The van der Waals surface area contributed by atoms with E-state index in [2.05, 4.69) is 5.32 Å². The number of furan rings is 1. The molecule has 1 N–H and O–H groups in total. The highest BCUT2D eigenvalue weighted by Crippen LogP contribution is 2.34. The Labute approximate surface area is 244 Å². The lowest BCUT2D eigenvalue weighted by molar-refractivity contribution is -0.607. The van der Waals surface area contributed by atoms with Gasteiger partial charge in [-0.05, 0) is 48.2 Å². The molecule has 0 radical (unpaired) electrons. The normalized spacial score (nSPS) is 19.6. The number of carbonyl (C=O) groups excluding carboxylic acids is 3. The number of pyridine rings is 1. The summed E-state index contributed by atoms with van der Waals surface area (Å²) in [6.07, 6.45) is 2.51. The maximum absolute atomic E-state index is 14.0.